The first-order chi connectivity index (χ1) is 10.2. The van der Waals surface area contributed by atoms with Gasteiger partial charge in [0.15, 0.2) is 11.4 Å². The average Bonchev–Trinajstić information content (AvgIpc) is 3.27. The lowest BCUT2D eigenvalue weighted by Gasteiger charge is -2.24. The molecule has 0 aliphatic carbocycles. The number of nitrogens with one attached hydrogen (secondary N) is 1. The van der Waals surface area contributed by atoms with E-state index in [1.807, 2.05) is 0 Å². The van der Waals surface area contributed by atoms with E-state index in [2.05, 4.69) is 5.32 Å². The van der Waals surface area contributed by atoms with E-state index >= 15 is 0 Å². The maximum atomic E-state index is 11.9. The molecule has 6 nitrogen and oxygen atoms in total. The Kier molecular flexibility index (Phi) is 3.37. The van der Waals surface area contributed by atoms with Gasteiger partial charge in [-0.2, -0.15) is 0 Å². The summed E-state index contributed by atoms with van der Waals surface area (Å²) in [6.07, 6.45) is 5.71. The molecule has 3 aromatic rings. The van der Waals surface area contributed by atoms with Gasteiger partial charge in [0, 0.05) is 5.56 Å². The van der Waals surface area contributed by atoms with E-state index < -0.39 is 11.5 Å². The van der Waals surface area contributed by atoms with Crippen LogP contribution >= 0.6 is 0 Å². The SMILES string of the molecule is O=C(NC[C@@](O)(c1ccoc1)c1ccco1)c1ccco1. The van der Waals surface area contributed by atoms with E-state index in [0.29, 0.717) is 11.3 Å². The molecule has 0 unspecified atom stereocenters. The highest BCUT2D eigenvalue weighted by Crippen LogP contribution is 2.29. The second kappa shape index (κ2) is 5.34. The van der Waals surface area contributed by atoms with Crippen molar-refractivity contribution >= 4 is 5.91 Å². The zero-order valence-corrected chi connectivity index (χ0v) is 11.0. The number of hydrogen-bond donors (Lipinski definition) is 2. The molecule has 0 bridgehead atoms. The van der Waals surface area contributed by atoms with Gasteiger partial charge in [-0.3, -0.25) is 4.79 Å². The van der Waals surface area contributed by atoms with Crippen LogP contribution in [0.15, 0.2) is 68.6 Å². The highest BCUT2D eigenvalue weighted by molar-refractivity contribution is 5.91. The maximum Gasteiger partial charge on any atom is 0.287 e. The van der Waals surface area contributed by atoms with Crippen LogP contribution in [0.25, 0.3) is 0 Å². The molecule has 0 radical (unpaired) electrons. The Bertz CT molecular complexity index is 648. The third-order valence-electron chi connectivity index (χ3n) is 3.18. The third kappa shape index (κ3) is 2.48. The Hall–Kier alpha value is -2.73. The lowest BCUT2D eigenvalue weighted by molar-refractivity contribution is 0.0513. The monoisotopic (exact) mass is 287 g/mol. The highest BCUT2D eigenvalue weighted by atomic mass is 16.4. The van der Waals surface area contributed by atoms with Crippen LogP contribution in [-0.2, 0) is 5.60 Å². The predicted octanol–water partition coefficient (Wildman–Crippen LogP) is 2.13. The molecule has 0 spiro atoms. The van der Waals surface area contributed by atoms with Crippen LogP contribution in [0.1, 0.15) is 21.9 Å². The Labute approximate surface area is 120 Å². The highest BCUT2D eigenvalue weighted by Gasteiger charge is 2.36. The number of amides is 1. The molecule has 3 rings (SSSR count). The van der Waals surface area contributed by atoms with Gasteiger partial charge in [-0.25, -0.2) is 0 Å². The van der Waals surface area contributed by atoms with Crippen LogP contribution in [0.4, 0.5) is 0 Å². The topological polar surface area (TPSA) is 88.8 Å². The van der Waals surface area contributed by atoms with E-state index in [4.69, 9.17) is 13.3 Å². The Morgan fingerprint density at radius 2 is 1.95 bits per heavy atom. The Balaban J connectivity index is 1.83. The first-order valence-corrected chi connectivity index (χ1v) is 6.31. The van der Waals surface area contributed by atoms with Crippen molar-refractivity contribution in [2.75, 3.05) is 6.54 Å². The predicted molar refractivity (Wildman–Crippen MR) is 71.5 cm³/mol. The molecule has 1 atom stereocenters. The van der Waals surface area contributed by atoms with Gasteiger partial charge in [0.1, 0.15) is 5.76 Å². The smallest absolute Gasteiger partial charge is 0.287 e. The van der Waals surface area contributed by atoms with Crippen molar-refractivity contribution in [3.63, 3.8) is 0 Å². The molecule has 0 saturated carbocycles. The largest absolute Gasteiger partial charge is 0.472 e. The summed E-state index contributed by atoms with van der Waals surface area (Å²) in [4.78, 5) is 11.9. The first-order valence-electron chi connectivity index (χ1n) is 6.31. The molecule has 0 fully saturated rings. The number of hydrogen-bond acceptors (Lipinski definition) is 5. The van der Waals surface area contributed by atoms with E-state index in [-0.39, 0.29) is 12.3 Å². The number of carbonyl (C=O) groups is 1. The number of carbonyl (C=O) groups excluding carboxylic acids is 1. The first kappa shape index (κ1) is 13.3. The lowest BCUT2D eigenvalue weighted by Crippen LogP contribution is -2.41. The number of aliphatic hydroxyl groups is 1. The summed E-state index contributed by atoms with van der Waals surface area (Å²) < 4.78 is 15.3. The summed E-state index contributed by atoms with van der Waals surface area (Å²) >= 11 is 0. The van der Waals surface area contributed by atoms with Crippen LogP contribution in [-0.4, -0.2) is 17.6 Å². The second-order valence-electron chi connectivity index (χ2n) is 4.51. The molecular weight excluding hydrogens is 274 g/mol. The number of furan rings is 3. The van der Waals surface area contributed by atoms with Crippen molar-refractivity contribution in [1.29, 1.82) is 0 Å². The molecule has 3 heterocycles. The average molecular weight is 287 g/mol. The van der Waals surface area contributed by atoms with Crippen molar-refractivity contribution in [3.05, 3.63) is 72.5 Å². The molecule has 0 aromatic carbocycles. The van der Waals surface area contributed by atoms with Gasteiger partial charge in [0.2, 0.25) is 0 Å². The quantitative estimate of drug-likeness (QED) is 0.750. The zero-order valence-electron chi connectivity index (χ0n) is 11.0. The Morgan fingerprint density at radius 3 is 2.57 bits per heavy atom. The standard InChI is InChI=1S/C15H13NO5/c17-14(12-3-1-6-20-12)16-10-15(18,11-5-8-19-9-11)13-4-2-7-21-13/h1-9,18H,10H2,(H,16,17)/t15-/m1/s1. The molecular formula is C15H13NO5. The molecule has 21 heavy (non-hydrogen) atoms. The summed E-state index contributed by atoms with van der Waals surface area (Å²) in [6.45, 7) is -0.0838. The molecule has 108 valence electrons. The minimum Gasteiger partial charge on any atom is -0.472 e. The van der Waals surface area contributed by atoms with E-state index in [9.17, 15) is 9.90 Å². The van der Waals surface area contributed by atoms with Crippen LogP contribution in [0.5, 0.6) is 0 Å². The van der Waals surface area contributed by atoms with Gasteiger partial charge in [-0.05, 0) is 30.3 Å². The van der Waals surface area contributed by atoms with Gasteiger partial charge >= 0.3 is 0 Å². The van der Waals surface area contributed by atoms with Crippen molar-refractivity contribution in [2.45, 2.75) is 5.60 Å². The third-order valence-corrected chi connectivity index (χ3v) is 3.18. The van der Waals surface area contributed by atoms with Gasteiger partial charge in [0.25, 0.3) is 5.91 Å². The number of rotatable bonds is 5. The summed E-state index contributed by atoms with van der Waals surface area (Å²) in [6, 6.07) is 8.06. The second-order valence-corrected chi connectivity index (χ2v) is 4.51. The van der Waals surface area contributed by atoms with Crippen LogP contribution in [0, 0.1) is 0 Å². The van der Waals surface area contributed by atoms with Crippen LogP contribution in [0.3, 0.4) is 0 Å². The lowest BCUT2D eigenvalue weighted by atomic mass is 9.93. The molecule has 0 aliphatic heterocycles. The minimum absolute atomic E-state index is 0.0838. The molecule has 1 amide bonds. The summed E-state index contributed by atoms with van der Waals surface area (Å²) in [5, 5.41) is 13.5. The van der Waals surface area contributed by atoms with E-state index in [0.717, 1.165) is 0 Å². The van der Waals surface area contributed by atoms with Gasteiger partial charge < -0.3 is 23.7 Å². The minimum atomic E-state index is -1.52. The molecule has 0 aliphatic rings. The van der Waals surface area contributed by atoms with Gasteiger partial charge in [0.05, 0.1) is 31.6 Å². The molecule has 0 saturated heterocycles. The zero-order chi connectivity index (χ0) is 14.7. The summed E-state index contributed by atoms with van der Waals surface area (Å²) in [7, 11) is 0. The van der Waals surface area contributed by atoms with Crippen molar-refractivity contribution < 1.29 is 23.2 Å². The van der Waals surface area contributed by atoms with E-state index in [1.165, 1.54) is 25.1 Å². The van der Waals surface area contributed by atoms with Crippen molar-refractivity contribution in [2.24, 2.45) is 0 Å². The van der Waals surface area contributed by atoms with Crippen LogP contribution < -0.4 is 5.32 Å². The van der Waals surface area contributed by atoms with Crippen molar-refractivity contribution in [1.82, 2.24) is 5.32 Å². The summed E-state index contributed by atoms with van der Waals surface area (Å²) in [5.74, 6) is 0.0566. The van der Waals surface area contributed by atoms with Gasteiger partial charge in [-0.1, -0.05) is 0 Å². The Morgan fingerprint density at radius 1 is 1.14 bits per heavy atom. The van der Waals surface area contributed by atoms with E-state index in [1.54, 1.807) is 30.3 Å². The van der Waals surface area contributed by atoms with Crippen molar-refractivity contribution in [3.8, 4) is 0 Å². The van der Waals surface area contributed by atoms with Crippen LogP contribution in [0.2, 0.25) is 0 Å². The molecule has 6 heteroatoms. The summed E-state index contributed by atoms with van der Waals surface area (Å²) in [5.41, 5.74) is -1.03. The fraction of sp³-hybridized carbons (Fsp3) is 0.133. The molecule has 3 aromatic heterocycles. The maximum absolute atomic E-state index is 11.9. The molecule has 2 N–H and O–H groups in total. The fourth-order valence-corrected chi connectivity index (χ4v) is 2.05. The fourth-order valence-electron chi connectivity index (χ4n) is 2.05. The van der Waals surface area contributed by atoms with Gasteiger partial charge in [-0.15, -0.1) is 0 Å². The normalized spacial score (nSPS) is 13.8.